The van der Waals surface area contributed by atoms with Crippen molar-refractivity contribution in [3.63, 3.8) is 0 Å². The van der Waals surface area contributed by atoms with Crippen LogP contribution in [0.1, 0.15) is 18.5 Å². The summed E-state index contributed by atoms with van der Waals surface area (Å²) in [5.41, 5.74) is 4.23. The van der Waals surface area contributed by atoms with Crippen molar-refractivity contribution >= 4 is 51.2 Å². The fourth-order valence-electron chi connectivity index (χ4n) is 4.43. The summed E-state index contributed by atoms with van der Waals surface area (Å²) in [6, 6.07) is 5.77. The van der Waals surface area contributed by atoms with Gasteiger partial charge in [0.05, 0.1) is 28.6 Å². The van der Waals surface area contributed by atoms with Crippen molar-refractivity contribution in [3.05, 3.63) is 47.6 Å². The van der Waals surface area contributed by atoms with Crippen LogP contribution >= 0.6 is 11.6 Å². The van der Waals surface area contributed by atoms with Gasteiger partial charge in [-0.25, -0.2) is 19.7 Å². The van der Waals surface area contributed by atoms with E-state index < -0.39 is 0 Å². The first kappa shape index (κ1) is 22.1. The molecule has 0 saturated carbocycles. The van der Waals surface area contributed by atoms with Gasteiger partial charge in [0, 0.05) is 57.4 Å². The second kappa shape index (κ2) is 8.94. The molecule has 4 aromatic rings. The number of fused-ring (bicyclic) bond motifs is 2. The van der Waals surface area contributed by atoms with Crippen LogP contribution in [0, 0.1) is 0 Å². The smallest absolute Gasteiger partial charge is 0.319 e. The van der Waals surface area contributed by atoms with Crippen molar-refractivity contribution < 1.29 is 4.79 Å². The van der Waals surface area contributed by atoms with Gasteiger partial charge >= 0.3 is 6.03 Å². The number of imidazole rings is 1. The number of carbonyl (C=O) groups excluding carboxylic acids is 1. The maximum absolute atomic E-state index is 12.4. The van der Waals surface area contributed by atoms with E-state index in [1.165, 1.54) is 6.33 Å². The number of aromatic nitrogens is 5. The summed E-state index contributed by atoms with van der Waals surface area (Å²) in [6.45, 7) is 4.74. The van der Waals surface area contributed by atoms with Crippen LogP contribution in [-0.2, 0) is 0 Å². The molecule has 1 fully saturated rings. The first-order chi connectivity index (χ1) is 16.4. The Hall–Kier alpha value is -3.66. The molecule has 0 radical (unpaired) electrons. The molecule has 5 rings (SSSR count). The zero-order valence-electron chi connectivity index (χ0n) is 19.3. The summed E-state index contributed by atoms with van der Waals surface area (Å²) >= 11 is 6.71. The largest absolute Gasteiger partial charge is 0.366 e. The van der Waals surface area contributed by atoms with Crippen LogP contribution in [0.2, 0.25) is 5.02 Å². The highest BCUT2D eigenvalue weighted by atomic mass is 35.5. The zero-order chi connectivity index (χ0) is 23.8. The number of pyridine rings is 1. The lowest BCUT2D eigenvalue weighted by atomic mass is 10.0. The second-order valence-corrected chi connectivity index (χ2v) is 8.94. The van der Waals surface area contributed by atoms with E-state index in [1.807, 2.05) is 23.1 Å². The Morgan fingerprint density at radius 3 is 2.74 bits per heavy atom. The van der Waals surface area contributed by atoms with Crippen molar-refractivity contribution in [1.29, 1.82) is 0 Å². The number of hydrogen-bond acceptors (Lipinski definition) is 7. The number of anilines is 2. The lowest BCUT2D eigenvalue weighted by Gasteiger charge is -2.38. The Balaban J connectivity index is 1.52. The lowest BCUT2D eigenvalue weighted by molar-refractivity contribution is 0.168. The van der Waals surface area contributed by atoms with Gasteiger partial charge in [-0.15, -0.1) is 0 Å². The third-order valence-corrected chi connectivity index (χ3v) is 6.45. The Bertz CT molecular complexity index is 1350. The van der Waals surface area contributed by atoms with Crippen LogP contribution in [0.3, 0.4) is 0 Å². The molecule has 10 nitrogen and oxygen atoms in total. The number of piperazine rings is 1. The molecule has 34 heavy (non-hydrogen) atoms. The van der Waals surface area contributed by atoms with Crippen molar-refractivity contribution in [3.8, 4) is 0 Å². The summed E-state index contributed by atoms with van der Waals surface area (Å²) in [5.74, 6) is 0.666. The SMILES string of the molecule is CC(Nc1ncnc2nc[nH]c12)c1cc(Cl)c2cccnc2c1N1CCN(C(=O)N(C)C)CC1. The van der Waals surface area contributed by atoms with Crippen molar-refractivity contribution in [2.45, 2.75) is 13.0 Å². The van der Waals surface area contributed by atoms with Crippen molar-refractivity contribution in [1.82, 2.24) is 34.7 Å². The fourth-order valence-corrected chi connectivity index (χ4v) is 4.70. The van der Waals surface area contributed by atoms with Gasteiger partial charge in [0.1, 0.15) is 11.8 Å². The minimum absolute atomic E-state index is 0.0290. The first-order valence-corrected chi connectivity index (χ1v) is 11.5. The van der Waals surface area contributed by atoms with E-state index in [4.69, 9.17) is 16.6 Å². The third-order valence-electron chi connectivity index (χ3n) is 6.14. The predicted octanol–water partition coefficient (Wildman–Crippen LogP) is 3.53. The third kappa shape index (κ3) is 3.94. The van der Waals surface area contributed by atoms with Gasteiger partial charge in [-0.05, 0) is 25.1 Å². The minimum atomic E-state index is -0.137. The van der Waals surface area contributed by atoms with E-state index in [1.54, 1.807) is 31.5 Å². The van der Waals surface area contributed by atoms with E-state index in [-0.39, 0.29) is 12.1 Å². The summed E-state index contributed by atoms with van der Waals surface area (Å²) < 4.78 is 0. The van der Waals surface area contributed by atoms with Gasteiger partial charge in [-0.3, -0.25) is 4.98 Å². The number of carbonyl (C=O) groups is 1. The maximum Gasteiger partial charge on any atom is 0.319 e. The van der Waals surface area contributed by atoms with Crippen LogP contribution in [0.25, 0.3) is 22.1 Å². The highest BCUT2D eigenvalue weighted by molar-refractivity contribution is 6.36. The number of amides is 2. The number of benzene rings is 1. The van der Waals surface area contributed by atoms with E-state index >= 15 is 0 Å². The molecule has 3 aromatic heterocycles. The van der Waals surface area contributed by atoms with Gasteiger partial charge < -0.3 is 25.0 Å². The molecule has 1 unspecified atom stereocenters. The standard InChI is InChI=1S/C23H26ClN9O/c1-14(30-22-19-21(27-12-26-19)28-13-29-22)16-11-17(24)15-5-4-6-25-18(15)20(16)32-7-9-33(10-8-32)23(34)31(2)3/h4-6,11-14H,7-10H2,1-3H3,(H2,26,27,28,29,30). The predicted molar refractivity (Wildman–Crippen MR) is 133 cm³/mol. The van der Waals surface area contributed by atoms with Gasteiger partial charge in [0.25, 0.3) is 0 Å². The molecule has 11 heteroatoms. The van der Waals surface area contributed by atoms with Gasteiger partial charge in [-0.2, -0.15) is 0 Å². The zero-order valence-corrected chi connectivity index (χ0v) is 20.0. The highest BCUT2D eigenvalue weighted by Gasteiger charge is 2.27. The quantitative estimate of drug-likeness (QED) is 0.461. The summed E-state index contributed by atoms with van der Waals surface area (Å²) in [6.07, 6.45) is 4.88. The summed E-state index contributed by atoms with van der Waals surface area (Å²) in [4.78, 5) is 38.9. The summed E-state index contributed by atoms with van der Waals surface area (Å²) in [5, 5.41) is 5.04. The second-order valence-electron chi connectivity index (χ2n) is 8.54. The Morgan fingerprint density at radius 1 is 1.18 bits per heavy atom. The molecule has 0 aliphatic carbocycles. The highest BCUT2D eigenvalue weighted by Crippen LogP contribution is 2.39. The molecule has 1 aliphatic rings. The molecule has 0 spiro atoms. The van der Waals surface area contributed by atoms with Crippen molar-refractivity contribution in [2.24, 2.45) is 0 Å². The van der Waals surface area contributed by atoms with E-state index in [9.17, 15) is 4.79 Å². The number of nitrogens with one attached hydrogen (secondary N) is 2. The van der Waals surface area contributed by atoms with Crippen LogP contribution < -0.4 is 10.2 Å². The number of aromatic amines is 1. The maximum atomic E-state index is 12.4. The number of H-pyrrole nitrogens is 1. The minimum Gasteiger partial charge on any atom is -0.366 e. The van der Waals surface area contributed by atoms with Crippen molar-refractivity contribution in [2.75, 3.05) is 50.5 Å². The van der Waals surface area contributed by atoms with Crippen LogP contribution in [0.5, 0.6) is 0 Å². The number of nitrogens with zero attached hydrogens (tertiary/aromatic N) is 7. The van der Waals surface area contributed by atoms with Gasteiger partial charge in [-0.1, -0.05) is 11.6 Å². The molecule has 1 atom stereocenters. The first-order valence-electron chi connectivity index (χ1n) is 11.1. The van der Waals surface area contributed by atoms with Crippen LogP contribution in [0.4, 0.5) is 16.3 Å². The number of rotatable bonds is 4. The monoisotopic (exact) mass is 479 g/mol. The Labute approximate surface area is 202 Å². The van der Waals surface area contributed by atoms with Gasteiger partial charge in [0.15, 0.2) is 11.5 Å². The molecule has 0 bridgehead atoms. The van der Waals surface area contributed by atoms with Gasteiger partial charge in [0.2, 0.25) is 0 Å². The van der Waals surface area contributed by atoms with E-state index in [0.29, 0.717) is 42.7 Å². The topological polar surface area (TPSA) is 106 Å². The Kier molecular flexibility index (Phi) is 5.82. The molecule has 4 heterocycles. The number of hydrogen-bond donors (Lipinski definition) is 2. The molecule has 2 amide bonds. The average molecular weight is 480 g/mol. The van der Waals surface area contributed by atoms with Crippen LogP contribution in [0.15, 0.2) is 37.1 Å². The normalized spacial score (nSPS) is 15.1. The van der Waals surface area contributed by atoms with Crippen LogP contribution in [-0.4, -0.2) is 81.0 Å². The fraction of sp³-hybridized carbons (Fsp3) is 0.348. The number of halogens is 1. The lowest BCUT2D eigenvalue weighted by Crippen LogP contribution is -2.51. The average Bonchev–Trinajstić information content (AvgIpc) is 3.34. The van der Waals surface area contributed by atoms with E-state index in [0.717, 1.165) is 27.7 Å². The molecule has 1 aliphatic heterocycles. The molecule has 176 valence electrons. The number of urea groups is 1. The Morgan fingerprint density at radius 2 is 1.97 bits per heavy atom. The molecule has 1 aromatic carbocycles. The molecular weight excluding hydrogens is 454 g/mol. The summed E-state index contributed by atoms with van der Waals surface area (Å²) in [7, 11) is 3.56. The van der Waals surface area contributed by atoms with E-state index in [2.05, 4.69) is 37.1 Å². The molecule has 1 saturated heterocycles. The molecule has 2 N–H and O–H groups in total. The molecular formula is C23H26ClN9O.